The number of nitrogens with zero attached hydrogens (tertiary/aromatic N) is 1. The minimum Gasteiger partial charge on any atom is -0.335 e. The van der Waals surface area contributed by atoms with Crippen LogP contribution in [0.2, 0.25) is 0 Å². The van der Waals surface area contributed by atoms with Crippen LogP contribution in [-0.4, -0.2) is 23.4 Å². The minimum atomic E-state index is -0.443. The number of thiophene rings is 1. The van der Waals surface area contributed by atoms with E-state index in [0.717, 1.165) is 6.42 Å². The molecule has 1 aromatic rings. The Morgan fingerprint density at radius 1 is 1.56 bits per heavy atom. The van der Waals surface area contributed by atoms with Crippen molar-refractivity contribution in [2.75, 3.05) is 6.54 Å². The van der Waals surface area contributed by atoms with Gasteiger partial charge >= 0.3 is 0 Å². The summed E-state index contributed by atoms with van der Waals surface area (Å²) in [4.78, 5) is 15.8. The Hall–Kier alpha value is -0.870. The van der Waals surface area contributed by atoms with Crippen LogP contribution in [0.1, 0.15) is 39.0 Å². The zero-order valence-corrected chi connectivity index (χ0v) is 12.6. The summed E-state index contributed by atoms with van der Waals surface area (Å²) in [7, 11) is 0. The molecule has 0 aliphatic heterocycles. The van der Waals surface area contributed by atoms with Crippen LogP contribution in [0.4, 0.5) is 0 Å². The fourth-order valence-electron chi connectivity index (χ4n) is 1.79. The van der Waals surface area contributed by atoms with E-state index in [0.29, 0.717) is 13.1 Å². The molecule has 1 atom stereocenters. The molecule has 4 heteroatoms. The molecule has 1 amide bonds. The molecule has 0 saturated heterocycles. The van der Waals surface area contributed by atoms with Gasteiger partial charge in [-0.2, -0.15) is 0 Å². The summed E-state index contributed by atoms with van der Waals surface area (Å²) in [5.41, 5.74) is 5.34. The number of carbonyl (C=O) groups is 1. The number of nitrogens with two attached hydrogens (primary N) is 1. The number of hydrogen-bond donors (Lipinski definition) is 1. The third-order valence-electron chi connectivity index (χ3n) is 3.54. The Balaban J connectivity index is 2.88. The minimum absolute atomic E-state index is 0.163. The maximum atomic E-state index is 12.6. The molecule has 0 fully saturated rings. The lowest BCUT2D eigenvalue weighted by molar-refractivity contribution is -0.143. The van der Waals surface area contributed by atoms with Gasteiger partial charge in [0.25, 0.3) is 0 Å². The van der Waals surface area contributed by atoms with Crippen molar-refractivity contribution in [2.45, 2.75) is 46.7 Å². The van der Waals surface area contributed by atoms with Crippen LogP contribution in [-0.2, 0) is 11.3 Å². The molecular formula is C14H24N2OS. The number of rotatable bonds is 6. The van der Waals surface area contributed by atoms with E-state index in [1.54, 1.807) is 11.3 Å². The molecule has 0 bridgehead atoms. The molecule has 0 aliphatic carbocycles. The fourth-order valence-corrected chi connectivity index (χ4v) is 2.49. The Morgan fingerprint density at radius 2 is 2.22 bits per heavy atom. The molecule has 0 aromatic carbocycles. The molecule has 1 unspecified atom stereocenters. The van der Waals surface area contributed by atoms with Gasteiger partial charge in [0.2, 0.25) is 5.91 Å². The SMILES string of the molecule is CCC(C)(CN)C(=O)N(Cc1cccs1)C(C)C. The quantitative estimate of drug-likeness (QED) is 0.862. The average molecular weight is 268 g/mol. The molecule has 0 aliphatic rings. The lowest BCUT2D eigenvalue weighted by Gasteiger charge is -2.35. The van der Waals surface area contributed by atoms with E-state index >= 15 is 0 Å². The predicted octanol–water partition coefficient (Wildman–Crippen LogP) is 2.86. The molecule has 1 rings (SSSR count). The van der Waals surface area contributed by atoms with Gasteiger partial charge in [-0.3, -0.25) is 4.79 Å². The predicted molar refractivity (Wildman–Crippen MR) is 77.5 cm³/mol. The lowest BCUT2D eigenvalue weighted by Crippen LogP contribution is -2.48. The van der Waals surface area contributed by atoms with Crippen LogP contribution in [0, 0.1) is 5.41 Å². The second-order valence-corrected chi connectivity index (χ2v) is 6.26. The zero-order chi connectivity index (χ0) is 13.8. The second-order valence-electron chi connectivity index (χ2n) is 5.22. The van der Waals surface area contributed by atoms with Crippen molar-refractivity contribution >= 4 is 17.2 Å². The van der Waals surface area contributed by atoms with Crippen molar-refractivity contribution < 1.29 is 4.79 Å². The Labute approximate surface area is 114 Å². The standard InChI is InChI=1S/C14H24N2OS/c1-5-14(4,10-15)13(17)16(11(2)3)9-12-7-6-8-18-12/h6-8,11H,5,9-10,15H2,1-4H3. The van der Waals surface area contributed by atoms with Crippen molar-refractivity contribution in [3.05, 3.63) is 22.4 Å². The van der Waals surface area contributed by atoms with E-state index in [9.17, 15) is 4.79 Å². The highest BCUT2D eigenvalue weighted by Crippen LogP contribution is 2.25. The van der Waals surface area contributed by atoms with Crippen LogP contribution in [0.15, 0.2) is 17.5 Å². The fraction of sp³-hybridized carbons (Fsp3) is 0.643. The maximum Gasteiger partial charge on any atom is 0.230 e. The van der Waals surface area contributed by atoms with Crippen molar-refractivity contribution in [3.63, 3.8) is 0 Å². The van der Waals surface area contributed by atoms with E-state index in [1.807, 2.05) is 30.2 Å². The van der Waals surface area contributed by atoms with Gasteiger partial charge in [0, 0.05) is 17.5 Å². The molecule has 1 aromatic heterocycles. The van der Waals surface area contributed by atoms with E-state index in [1.165, 1.54) is 4.88 Å². The number of hydrogen-bond acceptors (Lipinski definition) is 3. The molecule has 1 heterocycles. The molecule has 18 heavy (non-hydrogen) atoms. The number of carbonyl (C=O) groups excluding carboxylic acids is 1. The van der Waals surface area contributed by atoms with Crippen molar-refractivity contribution in [1.82, 2.24) is 4.90 Å². The first-order valence-corrected chi connectivity index (χ1v) is 7.36. The Morgan fingerprint density at radius 3 is 2.61 bits per heavy atom. The highest BCUT2D eigenvalue weighted by Gasteiger charge is 2.34. The zero-order valence-electron chi connectivity index (χ0n) is 11.8. The summed E-state index contributed by atoms with van der Waals surface area (Å²) in [5, 5.41) is 2.04. The molecule has 0 radical (unpaired) electrons. The first-order valence-electron chi connectivity index (χ1n) is 6.48. The van der Waals surface area contributed by atoms with Gasteiger partial charge < -0.3 is 10.6 Å². The summed E-state index contributed by atoms with van der Waals surface area (Å²) >= 11 is 1.69. The van der Waals surface area contributed by atoms with Crippen molar-refractivity contribution in [3.8, 4) is 0 Å². The molecule has 3 nitrogen and oxygen atoms in total. The van der Waals surface area contributed by atoms with E-state index < -0.39 is 5.41 Å². The van der Waals surface area contributed by atoms with Crippen LogP contribution in [0.3, 0.4) is 0 Å². The van der Waals surface area contributed by atoms with Gasteiger partial charge in [0.15, 0.2) is 0 Å². The van der Waals surface area contributed by atoms with Crippen LogP contribution >= 0.6 is 11.3 Å². The van der Waals surface area contributed by atoms with E-state index in [2.05, 4.69) is 19.9 Å². The van der Waals surface area contributed by atoms with Crippen LogP contribution < -0.4 is 5.73 Å². The molecule has 2 N–H and O–H groups in total. The monoisotopic (exact) mass is 268 g/mol. The summed E-state index contributed by atoms with van der Waals surface area (Å²) < 4.78 is 0. The summed E-state index contributed by atoms with van der Waals surface area (Å²) in [6.07, 6.45) is 0.774. The topological polar surface area (TPSA) is 46.3 Å². The first kappa shape index (κ1) is 15.2. The summed E-state index contributed by atoms with van der Waals surface area (Å²) in [6, 6.07) is 4.28. The Kier molecular flexibility index (Phi) is 5.35. The molecule has 102 valence electrons. The average Bonchev–Trinajstić information content (AvgIpc) is 2.86. The van der Waals surface area contributed by atoms with Crippen LogP contribution in [0.25, 0.3) is 0 Å². The third-order valence-corrected chi connectivity index (χ3v) is 4.40. The van der Waals surface area contributed by atoms with Gasteiger partial charge in [-0.1, -0.05) is 13.0 Å². The van der Waals surface area contributed by atoms with Gasteiger partial charge in [-0.05, 0) is 38.6 Å². The molecule has 0 saturated carbocycles. The Bertz CT molecular complexity index is 369. The van der Waals surface area contributed by atoms with Crippen molar-refractivity contribution in [2.24, 2.45) is 11.1 Å². The normalized spacial score (nSPS) is 14.6. The van der Waals surface area contributed by atoms with Gasteiger partial charge in [-0.15, -0.1) is 11.3 Å². The maximum absolute atomic E-state index is 12.6. The molecule has 0 spiro atoms. The second kappa shape index (κ2) is 6.34. The smallest absolute Gasteiger partial charge is 0.230 e. The van der Waals surface area contributed by atoms with Gasteiger partial charge in [0.05, 0.1) is 12.0 Å². The van der Waals surface area contributed by atoms with Gasteiger partial charge in [0.1, 0.15) is 0 Å². The van der Waals surface area contributed by atoms with E-state index in [-0.39, 0.29) is 11.9 Å². The van der Waals surface area contributed by atoms with E-state index in [4.69, 9.17) is 5.73 Å². The lowest BCUT2D eigenvalue weighted by atomic mass is 9.85. The van der Waals surface area contributed by atoms with Gasteiger partial charge in [-0.25, -0.2) is 0 Å². The summed E-state index contributed by atoms with van der Waals surface area (Å²) in [6.45, 7) is 9.17. The molecular weight excluding hydrogens is 244 g/mol. The third kappa shape index (κ3) is 3.33. The van der Waals surface area contributed by atoms with Crippen molar-refractivity contribution in [1.29, 1.82) is 0 Å². The highest BCUT2D eigenvalue weighted by molar-refractivity contribution is 7.09. The number of amides is 1. The largest absolute Gasteiger partial charge is 0.335 e. The highest BCUT2D eigenvalue weighted by atomic mass is 32.1. The first-order chi connectivity index (χ1) is 8.44. The summed E-state index contributed by atoms with van der Waals surface area (Å²) in [5.74, 6) is 0.163. The van der Waals surface area contributed by atoms with Crippen LogP contribution in [0.5, 0.6) is 0 Å².